The van der Waals surface area contributed by atoms with Crippen molar-refractivity contribution in [1.82, 2.24) is 9.97 Å². The maximum Gasteiger partial charge on any atom is 0.343 e. The first-order chi connectivity index (χ1) is 19.8. The van der Waals surface area contributed by atoms with E-state index in [1.54, 1.807) is 48.5 Å². The van der Waals surface area contributed by atoms with Crippen molar-refractivity contribution < 1.29 is 17.9 Å². The summed E-state index contributed by atoms with van der Waals surface area (Å²) >= 11 is 0. The van der Waals surface area contributed by atoms with Crippen LogP contribution < -0.4 is 10.3 Å². The van der Waals surface area contributed by atoms with Gasteiger partial charge in [0, 0.05) is 24.1 Å². The minimum Gasteiger partial charge on any atom is -0.507 e. The molecule has 0 saturated heterocycles. The van der Waals surface area contributed by atoms with E-state index in [0.29, 0.717) is 28.9 Å². The Hall–Kier alpha value is -4.11. The fourth-order valence-electron chi connectivity index (χ4n) is 5.81. The number of nitrogens with one attached hydrogen (secondary N) is 2. The molecule has 1 saturated carbocycles. The molecule has 2 aliphatic rings. The predicted octanol–water partition coefficient (Wildman–Crippen LogP) is 6.41. The number of benzene rings is 2. The number of hydrogen-bond acceptors (Lipinski definition) is 6. The van der Waals surface area contributed by atoms with Gasteiger partial charge in [-0.15, -0.1) is 0 Å². The Morgan fingerprint density at radius 2 is 1.98 bits per heavy atom. The van der Waals surface area contributed by atoms with Crippen molar-refractivity contribution in [3.8, 4) is 5.75 Å². The van der Waals surface area contributed by atoms with Gasteiger partial charge in [0.05, 0.1) is 16.6 Å². The van der Waals surface area contributed by atoms with Gasteiger partial charge in [-0.25, -0.2) is 9.78 Å². The van der Waals surface area contributed by atoms with Gasteiger partial charge in [-0.3, -0.25) is 4.72 Å². The highest BCUT2D eigenvalue weighted by Gasteiger charge is 2.38. The van der Waals surface area contributed by atoms with Gasteiger partial charge >= 0.3 is 5.63 Å². The number of aromatic nitrogens is 2. The lowest BCUT2D eigenvalue weighted by Crippen LogP contribution is -2.20. The molecule has 2 aromatic carbocycles. The highest BCUT2D eigenvalue weighted by molar-refractivity contribution is 7.92. The molecule has 6 rings (SSSR count). The van der Waals surface area contributed by atoms with Crippen LogP contribution in [0.1, 0.15) is 61.8 Å². The standard InChI is InChI=1S/C32H33N3O5S/c1-2-32(16-6-3-7-17-32)18-15-24-20-27(36)29(30(37)40-24)28(21-13-14-21)22-9-8-10-23(19-22)35-41(38,39)31-33-25-11-4-5-12-26(25)34-31/h3-12,16,19-21,28,35-36H,2,13-15,17-18H2,1H3,(H,33,34)/t28?,32-/m0/s1. The van der Waals surface area contributed by atoms with Crippen molar-refractivity contribution in [2.45, 2.75) is 56.5 Å². The summed E-state index contributed by atoms with van der Waals surface area (Å²) in [6.07, 6.45) is 13.6. The van der Waals surface area contributed by atoms with Gasteiger partial charge in [0.15, 0.2) is 0 Å². The van der Waals surface area contributed by atoms with Gasteiger partial charge in [0.25, 0.3) is 10.0 Å². The number of sulfonamides is 1. The Morgan fingerprint density at radius 3 is 2.68 bits per heavy atom. The molecule has 0 aliphatic heterocycles. The Morgan fingerprint density at radius 1 is 1.15 bits per heavy atom. The smallest absolute Gasteiger partial charge is 0.343 e. The first-order valence-corrected chi connectivity index (χ1v) is 15.5. The van der Waals surface area contributed by atoms with Crippen LogP contribution in [0.25, 0.3) is 11.0 Å². The molecule has 2 heterocycles. The Labute approximate surface area is 238 Å². The number of anilines is 1. The number of imidazole rings is 1. The number of rotatable bonds is 10. The van der Waals surface area contributed by atoms with Crippen LogP contribution in [0.3, 0.4) is 0 Å². The Balaban J connectivity index is 1.26. The average molecular weight is 572 g/mol. The second-order valence-corrected chi connectivity index (χ2v) is 12.7. The molecule has 0 radical (unpaired) electrons. The largest absolute Gasteiger partial charge is 0.507 e. The molecule has 2 atom stereocenters. The average Bonchev–Trinajstić information content (AvgIpc) is 3.70. The predicted molar refractivity (Wildman–Crippen MR) is 158 cm³/mol. The van der Waals surface area contributed by atoms with Crippen molar-refractivity contribution in [3.63, 3.8) is 0 Å². The summed E-state index contributed by atoms with van der Waals surface area (Å²) in [6, 6.07) is 15.6. The van der Waals surface area contributed by atoms with E-state index in [9.17, 15) is 18.3 Å². The number of aryl methyl sites for hydroxylation is 1. The first-order valence-electron chi connectivity index (χ1n) is 14.0. The third kappa shape index (κ3) is 5.59. The quantitative estimate of drug-likeness (QED) is 0.202. The van der Waals surface area contributed by atoms with Crippen molar-refractivity contribution in [2.24, 2.45) is 11.3 Å². The third-order valence-electron chi connectivity index (χ3n) is 8.34. The van der Waals surface area contributed by atoms with E-state index < -0.39 is 21.6 Å². The summed E-state index contributed by atoms with van der Waals surface area (Å²) in [5, 5.41) is 10.9. The molecule has 8 nitrogen and oxygen atoms in total. The lowest BCUT2D eigenvalue weighted by atomic mass is 9.75. The zero-order valence-corrected chi connectivity index (χ0v) is 23.7. The number of fused-ring (bicyclic) bond motifs is 1. The number of nitrogens with zero attached hydrogens (tertiary/aromatic N) is 1. The monoisotopic (exact) mass is 571 g/mol. The van der Waals surface area contributed by atoms with Gasteiger partial charge in [0.1, 0.15) is 11.5 Å². The molecule has 2 aromatic heterocycles. The van der Waals surface area contributed by atoms with E-state index in [4.69, 9.17) is 4.42 Å². The highest BCUT2D eigenvalue weighted by atomic mass is 32.2. The highest BCUT2D eigenvalue weighted by Crippen LogP contribution is 2.48. The molecular weight excluding hydrogens is 538 g/mol. The maximum absolute atomic E-state index is 13.3. The number of para-hydroxylation sites is 2. The van der Waals surface area contributed by atoms with Gasteiger partial charge in [-0.1, -0.05) is 55.5 Å². The first kappa shape index (κ1) is 27.1. The summed E-state index contributed by atoms with van der Waals surface area (Å²) in [7, 11) is -3.99. The molecule has 0 bridgehead atoms. The van der Waals surface area contributed by atoms with Gasteiger partial charge in [-0.2, -0.15) is 8.42 Å². The molecular formula is C32H33N3O5S. The maximum atomic E-state index is 13.3. The van der Waals surface area contributed by atoms with Crippen LogP contribution in [0.2, 0.25) is 0 Å². The summed E-state index contributed by atoms with van der Waals surface area (Å²) in [5.74, 6) is 0.128. The Kier molecular flexibility index (Phi) is 7.07. The van der Waals surface area contributed by atoms with Crippen molar-refractivity contribution in [3.05, 3.63) is 106 Å². The minimum absolute atomic E-state index is 0.0221. The van der Waals surface area contributed by atoms with Crippen LogP contribution in [-0.2, 0) is 16.4 Å². The Bertz CT molecular complexity index is 1780. The molecule has 1 unspecified atom stereocenters. The number of aromatic amines is 1. The second-order valence-electron chi connectivity index (χ2n) is 11.1. The molecule has 0 amide bonds. The zero-order chi connectivity index (χ0) is 28.6. The van der Waals surface area contributed by atoms with E-state index in [1.807, 2.05) is 12.1 Å². The minimum atomic E-state index is -3.99. The number of H-pyrrole nitrogens is 1. The molecule has 2 aliphatic carbocycles. The van der Waals surface area contributed by atoms with Crippen LogP contribution in [0, 0.1) is 11.3 Å². The topological polar surface area (TPSA) is 125 Å². The van der Waals surface area contributed by atoms with Crippen LogP contribution in [-0.4, -0.2) is 23.5 Å². The lowest BCUT2D eigenvalue weighted by Gasteiger charge is -2.30. The van der Waals surface area contributed by atoms with Crippen LogP contribution in [0.4, 0.5) is 5.69 Å². The molecule has 41 heavy (non-hydrogen) atoms. The third-order valence-corrected chi connectivity index (χ3v) is 9.54. The van der Waals surface area contributed by atoms with E-state index in [0.717, 1.165) is 37.7 Å². The van der Waals surface area contributed by atoms with Crippen molar-refractivity contribution >= 4 is 26.7 Å². The summed E-state index contributed by atoms with van der Waals surface area (Å²) in [4.78, 5) is 20.4. The lowest BCUT2D eigenvalue weighted by molar-refractivity contribution is 0.318. The van der Waals surface area contributed by atoms with Gasteiger partial charge in [-0.05, 0) is 73.3 Å². The van der Waals surface area contributed by atoms with Crippen LogP contribution in [0.15, 0.2) is 93.3 Å². The summed E-state index contributed by atoms with van der Waals surface area (Å²) < 4.78 is 34.6. The number of aromatic hydroxyl groups is 1. The van der Waals surface area contributed by atoms with Gasteiger partial charge < -0.3 is 14.5 Å². The molecule has 9 heteroatoms. The normalized spacial score (nSPS) is 19.4. The summed E-state index contributed by atoms with van der Waals surface area (Å²) in [6.45, 7) is 2.16. The van der Waals surface area contributed by atoms with Crippen LogP contribution in [0.5, 0.6) is 5.75 Å². The van der Waals surface area contributed by atoms with E-state index in [1.165, 1.54) is 0 Å². The zero-order valence-electron chi connectivity index (χ0n) is 22.8. The van der Waals surface area contributed by atoms with E-state index in [2.05, 4.69) is 39.8 Å². The molecule has 1 fully saturated rings. The second kappa shape index (κ2) is 10.7. The van der Waals surface area contributed by atoms with E-state index in [-0.39, 0.29) is 27.8 Å². The van der Waals surface area contributed by atoms with Gasteiger partial charge in [0.2, 0.25) is 5.16 Å². The number of allylic oxidation sites excluding steroid dienone is 4. The molecule has 4 aromatic rings. The molecule has 0 spiro atoms. The summed E-state index contributed by atoms with van der Waals surface area (Å²) in [5.41, 5.74) is 1.95. The SMILES string of the molecule is CC[C@]1(CCc2cc(O)c(C(c3cccc(NS(=O)(=O)c4nc5ccccc5[nH]4)c3)C3CC3)c(=O)o2)C=CC=CC1. The fraction of sp³-hybridized carbons (Fsp3) is 0.312. The number of hydrogen-bond donors (Lipinski definition) is 3. The van der Waals surface area contributed by atoms with Crippen molar-refractivity contribution in [1.29, 1.82) is 0 Å². The van der Waals surface area contributed by atoms with Crippen LogP contribution >= 0.6 is 0 Å². The van der Waals surface area contributed by atoms with E-state index >= 15 is 0 Å². The molecule has 212 valence electrons. The molecule has 3 N–H and O–H groups in total. The van der Waals surface area contributed by atoms with Crippen molar-refractivity contribution in [2.75, 3.05) is 4.72 Å². The fourth-order valence-corrected chi connectivity index (χ4v) is 6.81.